The molecule has 8 nitrogen and oxygen atoms in total. The topological polar surface area (TPSA) is 101 Å². The predicted octanol–water partition coefficient (Wildman–Crippen LogP) is 2.53. The fourth-order valence-corrected chi connectivity index (χ4v) is 4.26. The summed E-state index contributed by atoms with van der Waals surface area (Å²) in [5, 5.41) is 11.0. The summed E-state index contributed by atoms with van der Waals surface area (Å²) in [5.74, 6) is -0.272. The van der Waals surface area contributed by atoms with Gasteiger partial charge < -0.3 is 4.74 Å². The first-order valence-electron chi connectivity index (χ1n) is 8.32. The van der Waals surface area contributed by atoms with Crippen LogP contribution in [-0.2, 0) is 4.74 Å². The molecule has 10 heteroatoms. The van der Waals surface area contributed by atoms with Crippen molar-refractivity contribution in [3.63, 3.8) is 0 Å². The van der Waals surface area contributed by atoms with Gasteiger partial charge in [-0.2, -0.15) is 0 Å². The van der Waals surface area contributed by atoms with E-state index in [2.05, 4.69) is 15.5 Å². The van der Waals surface area contributed by atoms with Crippen LogP contribution in [0.1, 0.15) is 44.4 Å². The van der Waals surface area contributed by atoms with Gasteiger partial charge in [0.25, 0.3) is 17.7 Å². The Labute approximate surface area is 164 Å². The molecule has 0 spiro atoms. The first kappa shape index (κ1) is 19.5. The Hall–Kier alpha value is -2.30. The predicted molar refractivity (Wildman–Crippen MR) is 103 cm³/mol. The van der Waals surface area contributed by atoms with Crippen LogP contribution >= 0.6 is 23.1 Å². The number of methoxy groups -OCH3 is 1. The Morgan fingerprint density at radius 2 is 2.04 bits per heavy atom. The zero-order valence-corrected chi connectivity index (χ0v) is 16.5. The molecule has 0 atom stereocenters. The number of hydrogen-bond donors (Lipinski definition) is 1. The highest BCUT2D eigenvalue weighted by atomic mass is 32.2. The molecule has 1 aromatic carbocycles. The lowest BCUT2D eigenvalue weighted by molar-refractivity contribution is 0.0638. The van der Waals surface area contributed by atoms with Gasteiger partial charge in [0.15, 0.2) is 4.34 Å². The molecule has 1 aromatic heterocycles. The quantitative estimate of drug-likeness (QED) is 0.311. The van der Waals surface area contributed by atoms with Crippen LogP contribution < -0.4 is 5.32 Å². The van der Waals surface area contributed by atoms with Crippen LogP contribution in [0.2, 0.25) is 0 Å². The zero-order valence-electron chi connectivity index (χ0n) is 14.9. The lowest BCUT2D eigenvalue weighted by Gasteiger charge is -2.12. The van der Waals surface area contributed by atoms with Gasteiger partial charge in [0.2, 0.25) is 5.13 Å². The fraction of sp³-hybridized carbons (Fsp3) is 0.353. The molecule has 0 saturated carbocycles. The van der Waals surface area contributed by atoms with Crippen molar-refractivity contribution in [3.8, 4) is 0 Å². The number of rotatable bonds is 8. The van der Waals surface area contributed by atoms with Crippen LogP contribution in [0, 0.1) is 0 Å². The third-order valence-corrected chi connectivity index (χ3v) is 5.71. The molecule has 3 amide bonds. The Morgan fingerprint density at radius 1 is 1.26 bits per heavy atom. The highest BCUT2D eigenvalue weighted by Crippen LogP contribution is 2.27. The minimum absolute atomic E-state index is 0.240. The molecule has 0 aliphatic carbocycles. The molecule has 0 fully saturated rings. The van der Waals surface area contributed by atoms with Gasteiger partial charge in [0.1, 0.15) is 0 Å². The van der Waals surface area contributed by atoms with Crippen LogP contribution in [0.3, 0.4) is 0 Å². The molecule has 2 aromatic rings. The van der Waals surface area contributed by atoms with Gasteiger partial charge in [-0.25, -0.2) is 0 Å². The summed E-state index contributed by atoms with van der Waals surface area (Å²) in [5.41, 5.74) is 0.838. The number of imide groups is 1. The number of nitrogens with zero attached hydrogens (tertiary/aromatic N) is 3. The van der Waals surface area contributed by atoms with Crippen molar-refractivity contribution >= 4 is 46.0 Å². The molecular weight excluding hydrogens is 388 g/mol. The van der Waals surface area contributed by atoms with Crippen molar-refractivity contribution in [2.24, 2.45) is 0 Å². The molecule has 0 saturated heterocycles. The summed E-state index contributed by atoms with van der Waals surface area (Å²) in [6.07, 6.45) is 0.560. The lowest BCUT2D eigenvalue weighted by Crippen LogP contribution is -2.31. The van der Waals surface area contributed by atoms with E-state index in [4.69, 9.17) is 4.74 Å². The number of ether oxygens (including phenoxy) is 1. The van der Waals surface area contributed by atoms with Gasteiger partial charge in [-0.3, -0.25) is 24.6 Å². The third-order valence-electron chi connectivity index (χ3n) is 3.86. The smallest absolute Gasteiger partial charge is 0.261 e. The Bertz CT molecular complexity index is 884. The molecule has 1 N–H and O–H groups in total. The first-order chi connectivity index (χ1) is 13.0. The van der Waals surface area contributed by atoms with Crippen LogP contribution in [0.4, 0.5) is 5.13 Å². The van der Waals surface area contributed by atoms with Crippen LogP contribution in [0.5, 0.6) is 0 Å². The zero-order chi connectivity index (χ0) is 19.4. The van der Waals surface area contributed by atoms with Gasteiger partial charge in [-0.05, 0) is 30.4 Å². The fourth-order valence-electron chi connectivity index (χ4n) is 2.61. The molecule has 1 aliphatic heterocycles. The normalized spacial score (nSPS) is 13.2. The summed E-state index contributed by atoms with van der Waals surface area (Å²) >= 11 is 2.83. The van der Waals surface area contributed by atoms with Crippen molar-refractivity contribution in [1.82, 2.24) is 15.1 Å². The Balaban J connectivity index is 1.73. The van der Waals surface area contributed by atoms with Gasteiger partial charge >= 0.3 is 0 Å². The molecule has 1 aliphatic rings. The maximum Gasteiger partial charge on any atom is 0.261 e. The third kappa shape index (κ3) is 4.18. The van der Waals surface area contributed by atoms with Crippen LogP contribution in [0.15, 0.2) is 22.5 Å². The SMILES string of the molecule is CCSc1nnc(NC(=O)c2ccc3c(c2)C(=O)N(CCCOC)C3=O)s1. The monoisotopic (exact) mass is 406 g/mol. The molecular formula is C17H18N4O4S2. The second-order valence-electron chi connectivity index (χ2n) is 5.63. The Kier molecular flexibility index (Phi) is 6.19. The summed E-state index contributed by atoms with van der Waals surface area (Å²) in [6.45, 7) is 2.75. The van der Waals surface area contributed by atoms with E-state index >= 15 is 0 Å². The van der Waals surface area contributed by atoms with Crippen LogP contribution in [0.25, 0.3) is 0 Å². The maximum absolute atomic E-state index is 12.5. The highest BCUT2D eigenvalue weighted by molar-refractivity contribution is 8.01. The number of carbonyl (C=O) groups excluding carboxylic acids is 3. The first-order valence-corrected chi connectivity index (χ1v) is 10.1. The number of carbonyl (C=O) groups is 3. The lowest BCUT2D eigenvalue weighted by atomic mass is 10.1. The van der Waals surface area contributed by atoms with E-state index < -0.39 is 11.8 Å². The average molecular weight is 406 g/mol. The van der Waals surface area contributed by atoms with Crippen molar-refractivity contribution in [2.75, 3.05) is 31.3 Å². The standard InChI is InChI=1S/C17H18N4O4S2/c1-3-26-17-20-19-16(27-17)18-13(22)10-5-6-11-12(9-10)15(24)21(14(11)23)7-4-8-25-2/h5-6,9H,3-4,7-8H2,1-2H3,(H,18,19,22). The number of benzene rings is 1. The minimum atomic E-state index is -0.403. The van der Waals surface area contributed by atoms with Gasteiger partial charge in [-0.15, -0.1) is 10.2 Å². The van der Waals surface area contributed by atoms with E-state index in [0.717, 1.165) is 10.1 Å². The van der Waals surface area contributed by atoms with Crippen molar-refractivity contribution in [2.45, 2.75) is 17.7 Å². The number of fused-ring (bicyclic) bond motifs is 1. The van der Waals surface area contributed by atoms with Gasteiger partial charge in [-0.1, -0.05) is 30.0 Å². The van der Waals surface area contributed by atoms with E-state index in [0.29, 0.717) is 23.7 Å². The molecule has 0 unspecified atom stereocenters. The molecule has 0 bridgehead atoms. The molecule has 2 heterocycles. The second kappa shape index (κ2) is 8.59. The summed E-state index contributed by atoms with van der Waals surface area (Å²) < 4.78 is 5.73. The van der Waals surface area contributed by atoms with E-state index in [1.54, 1.807) is 18.9 Å². The van der Waals surface area contributed by atoms with E-state index in [9.17, 15) is 14.4 Å². The van der Waals surface area contributed by atoms with Crippen molar-refractivity contribution < 1.29 is 19.1 Å². The van der Waals surface area contributed by atoms with Crippen molar-refractivity contribution in [1.29, 1.82) is 0 Å². The summed E-state index contributed by atoms with van der Waals surface area (Å²) in [4.78, 5) is 38.5. The average Bonchev–Trinajstić information content (AvgIpc) is 3.19. The van der Waals surface area contributed by atoms with E-state index in [1.165, 1.54) is 34.4 Å². The highest BCUT2D eigenvalue weighted by Gasteiger charge is 2.35. The number of thioether (sulfide) groups is 1. The molecule has 0 radical (unpaired) electrons. The molecule has 3 rings (SSSR count). The maximum atomic E-state index is 12.5. The minimum Gasteiger partial charge on any atom is -0.385 e. The van der Waals surface area contributed by atoms with Gasteiger partial charge in [0, 0.05) is 25.8 Å². The number of anilines is 1. The number of aromatic nitrogens is 2. The summed E-state index contributed by atoms with van der Waals surface area (Å²) in [6, 6.07) is 4.49. The largest absolute Gasteiger partial charge is 0.385 e. The number of amides is 3. The Morgan fingerprint density at radius 3 is 2.78 bits per heavy atom. The summed E-state index contributed by atoms with van der Waals surface area (Å²) in [7, 11) is 1.56. The molecule has 27 heavy (non-hydrogen) atoms. The number of nitrogens with one attached hydrogen (secondary N) is 1. The van der Waals surface area contributed by atoms with Gasteiger partial charge in [0.05, 0.1) is 11.1 Å². The second-order valence-corrected chi connectivity index (χ2v) is 8.12. The van der Waals surface area contributed by atoms with E-state index in [-0.39, 0.29) is 23.6 Å². The van der Waals surface area contributed by atoms with E-state index in [1.807, 2.05) is 6.92 Å². The molecule has 142 valence electrons. The van der Waals surface area contributed by atoms with Crippen molar-refractivity contribution in [3.05, 3.63) is 34.9 Å². The number of hydrogen-bond acceptors (Lipinski definition) is 8. The van der Waals surface area contributed by atoms with Crippen LogP contribution in [-0.4, -0.2) is 58.8 Å².